The molecule has 0 spiro atoms. The van der Waals surface area contributed by atoms with Crippen molar-refractivity contribution in [3.05, 3.63) is 82.3 Å². The zero-order chi connectivity index (χ0) is 19.3. The van der Waals surface area contributed by atoms with Gasteiger partial charge in [-0.05, 0) is 82.4 Å². The highest BCUT2D eigenvalue weighted by atomic mass is 32.1. The molecule has 0 saturated heterocycles. The molecule has 1 heterocycles. The van der Waals surface area contributed by atoms with Gasteiger partial charge in [-0.15, -0.1) is 11.3 Å². The van der Waals surface area contributed by atoms with Crippen LogP contribution in [0.3, 0.4) is 0 Å². The van der Waals surface area contributed by atoms with E-state index in [1.165, 1.54) is 41.3 Å². The molecular formula is C25H19FOS. The molecule has 3 heteroatoms. The van der Waals surface area contributed by atoms with Crippen molar-refractivity contribution in [2.45, 2.75) is 26.2 Å². The maximum atomic E-state index is 13.7. The van der Waals surface area contributed by atoms with E-state index in [9.17, 15) is 9.18 Å². The van der Waals surface area contributed by atoms with Gasteiger partial charge in [0.25, 0.3) is 0 Å². The molecule has 0 N–H and O–H groups in total. The van der Waals surface area contributed by atoms with Gasteiger partial charge in [-0.2, -0.15) is 0 Å². The smallest absolute Gasteiger partial charge is 0.195 e. The molecule has 138 valence electrons. The average molecular weight is 386 g/mol. The second-order valence-corrected chi connectivity index (χ2v) is 8.44. The first kappa shape index (κ1) is 17.3. The van der Waals surface area contributed by atoms with Gasteiger partial charge >= 0.3 is 0 Å². The summed E-state index contributed by atoms with van der Waals surface area (Å²) >= 11 is 1.54. The minimum atomic E-state index is -0.372. The fourth-order valence-electron chi connectivity index (χ4n) is 4.00. The Morgan fingerprint density at radius 1 is 0.821 bits per heavy atom. The lowest BCUT2D eigenvalue weighted by atomic mass is 9.96. The van der Waals surface area contributed by atoms with Crippen molar-refractivity contribution in [1.29, 1.82) is 0 Å². The van der Waals surface area contributed by atoms with Crippen LogP contribution in [0.25, 0.3) is 41.7 Å². The highest BCUT2D eigenvalue weighted by molar-refractivity contribution is 7.24. The summed E-state index contributed by atoms with van der Waals surface area (Å²) in [5.41, 5.74) is 1.26. The summed E-state index contributed by atoms with van der Waals surface area (Å²) in [5.74, 6) is -0.372. The van der Waals surface area contributed by atoms with Gasteiger partial charge in [-0.1, -0.05) is 31.5 Å². The fourth-order valence-corrected chi connectivity index (χ4v) is 5.08. The minimum absolute atomic E-state index is 0.0930. The average Bonchev–Trinajstić information content (AvgIpc) is 2.70. The zero-order valence-electron chi connectivity index (χ0n) is 15.6. The molecule has 4 aromatic carbocycles. The van der Waals surface area contributed by atoms with Gasteiger partial charge in [0, 0.05) is 20.2 Å². The summed E-state index contributed by atoms with van der Waals surface area (Å²) < 4.78 is 15.4. The number of fused-ring (bicyclic) bond motifs is 4. The molecule has 28 heavy (non-hydrogen) atoms. The van der Waals surface area contributed by atoms with E-state index in [0.717, 1.165) is 26.6 Å². The van der Waals surface area contributed by atoms with E-state index in [0.29, 0.717) is 10.8 Å². The quantitative estimate of drug-likeness (QED) is 0.300. The molecule has 0 atom stereocenters. The summed E-state index contributed by atoms with van der Waals surface area (Å²) in [6.07, 6.45) is 3.39. The number of hydrogen-bond donors (Lipinski definition) is 0. The Morgan fingerprint density at radius 2 is 1.61 bits per heavy atom. The summed E-state index contributed by atoms with van der Waals surface area (Å²) in [4.78, 5) is 13.0. The van der Waals surface area contributed by atoms with E-state index in [4.69, 9.17) is 0 Å². The predicted molar refractivity (Wildman–Crippen MR) is 119 cm³/mol. The SMILES string of the molecule is CCCCc1cccc2cc3cc4sc5ccc(F)cc5c(=O)c4cc3cc12. The third-order valence-electron chi connectivity index (χ3n) is 5.48. The van der Waals surface area contributed by atoms with Crippen LogP contribution in [0.4, 0.5) is 4.39 Å². The number of hydrogen-bond acceptors (Lipinski definition) is 2. The van der Waals surface area contributed by atoms with Gasteiger partial charge in [0.05, 0.1) is 0 Å². The normalized spacial score (nSPS) is 11.8. The van der Waals surface area contributed by atoms with Crippen molar-refractivity contribution in [3.63, 3.8) is 0 Å². The molecule has 0 saturated carbocycles. The summed E-state index contributed by atoms with van der Waals surface area (Å²) in [5, 5.41) is 5.80. The van der Waals surface area contributed by atoms with Crippen LogP contribution in [0.15, 0.2) is 65.5 Å². The highest BCUT2D eigenvalue weighted by Gasteiger charge is 2.10. The van der Waals surface area contributed by atoms with Crippen LogP contribution in [-0.2, 0) is 6.42 Å². The molecule has 5 rings (SSSR count). The van der Waals surface area contributed by atoms with Crippen molar-refractivity contribution in [3.8, 4) is 0 Å². The maximum Gasteiger partial charge on any atom is 0.195 e. The third-order valence-corrected chi connectivity index (χ3v) is 6.61. The summed E-state index contributed by atoms with van der Waals surface area (Å²) in [7, 11) is 0. The van der Waals surface area contributed by atoms with Crippen molar-refractivity contribution in [1.82, 2.24) is 0 Å². The monoisotopic (exact) mass is 386 g/mol. The van der Waals surface area contributed by atoms with Crippen molar-refractivity contribution < 1.29 is 4.39 Å². The van der Waals surface area contributed by atoms with Gasteiger partial charge in [0.1, 0.15) is 5.82 Å². The lowest BCUT2D eigenvalue weighted by Gasteiger charge is -2.09. The van der Waals surface area contributed by atoms with Crippen LogP contribution in [0, 0.1) is 5.82 Å². The lowest BCUT2D eigenvalue weighted by Crippen LogP contribution is -2.01. The molecule has 0 radical (unpaired) electrons. The predicted octanol–water partition coefficient (Wildman–Crippen LogP) is 7.20. The van der Waals surface area contributed by atoms with Crippen molar-refractivity contribution in [2.24, 2.45) is 0 Å². The Labute approximate surface area is 166 Å². The van der Waals surface area contributed by atoms with Crippen molar-refractivity contribution in [2.75, 3.05) is 0 Å². The largest absolute Gasteiger partial charge is 0.289 e. The number of benzene rings is 4. The van der Waals surface area contributed by atoms with Gasteiger partial charge in [-0.25, -0.2) is 4.39 Å². The highest BCUT2D eigenvalue weighted by Crippen LogP contribution is 2.32. The zero-order valence-corrected chi connectivity index (χ0v) is 16.4. The number of aryl methyl sites for hydroxylation is 1. The topological polar surface area (TPSA) is 17.1 Å². The van der Waals surface area contributed by atoms with E-state index in [-0.39, 0.29) is 11.2 Å². The van der Waals surface area contributed by atoms with E-state index in [1.807, 2.05) is 6.07 Å². The van der Waals surface area contributed by atoms with E-state index in [1.54, 1.807) is 17.4 Å². The molecule has 1 nitrogen and oxygen atoms in total. The standard InChI is InChI=1S/C25H19FOS/c1-2-3-5-15-6-4-7-16-10-17-13-24-21(12-18(17)11-20(15)16)25(27)22-14-19(26)8-9-23(22)28-24/h4,6-14H,2-3,5H2,1H3. The number of halogens is 1. The van der Waals surface area contributed by atoms with E-state index < -0.39 is 0 Å². The van der Waals surface area contributed by atoms with E-state index >= 15 is 0 Å². The molecule has 5 aromatic rings. The van der Waals surface area contributed by atoms with Crippen molar-refractivity contribution >= 4 is 53.1 Å². The first-order valence-electron chi connectivity index (χ1n) is 9.65. The van der Waals surface area contributed by atoms with Gasteiger partial charge in [0.2, 0.25) is 0 Å². The van der Waals surface area contributed by atoms with Gasteiger partial charge in [0.15, 0.2) is 5.43 Å². The van der Waals surface area contributed by atoms with Crippen LogP contribution in [0.2, 0.25) is 0 Å². The first-order chi connectivity index (χ1) is 13.6. The Morgan fingerprint density at radius 3 is 2.46 bits per heavy atom. The first-order valence-corrected chi connectivity index (χ1v) is 10.5. The Hall–Kier alpha value is -2.78. The molecule has 0 bridgehead atoms. The fraction of sp³-hybridized carbons (Fsp3) is 0.160. The van der Waals surface area contributed by atoms with Crippen LogP contribution < -0.4 is 5.43 Å². The molecular weight excluding hydrogens is 367 g/mol. The molecule has 0 aliphatic heterocycles. The number of unbranched alkanes of at least 4 members (excludes halogenated alkanes) is 1. The molecule has 0 aliphatic rings. The second kappa shape index (κ2) is 6.68. The van der Waals surface area contributed by atoms with E-state index in [2.05, 4.69) is 43.3 Å². The summed E-state index contributed by atoms with van der Waals surface area (Å²) in [6, 6.07) is 19.4. The molecule has 1 aromatic heterocycles. The Kier molecular flexibility index (Phi) is 4.13. The van der Waals surface area contributed by atoms with Crippen LogP contribution in [0.5, 0.6) is 0 Å². The lowest BCUT2D eigenvalue weighted by molar-refractivity contribution is 0.630. The van der Waals surface area contributed by atoms with Gasteiger partial charge in [-0.3, -0.25) is 4.79 Å². The third kappa shape index (κ3) is 2.78. The molecule has 0 amide bonds. The van der Waals surface area contributed by atoms with Crippen LogP contribution in [-0.4, -0.2) is 0 Å². The minimum Gasteiger partial charge on any atom is -0.289 e. The Balaban J connectivity index is 1.83. The van der Waals surface area contributed by atoms with Crippen LogP contribution >= 0.6 is 11.3 Å². The molecule has 0 fully saturated rings. The van der Waals surface area contributed by atoms with Crippen LogP contribution in [0.1, 0.15) is 25.3 Å². The molecule has 0 unspecified atom stereocenters. The number of rotatable bonds is 3. The van der Waals surface area contributed by atoms with Gasteiger partial charge < -0.3 is 0 Å². The second-order valence-electron chi connectivity index (χ2n) is 7.36. The Bertz CT molecular complexity index is 1430. The molecule has 0 aliphatic carbocycles. The summed E-state index contributed by atoms with van der Waals surface area (Å²) in [6.45, 7) is 2.21. The maximum absolute atomic E-state index is 13.7.